The Kier molecular flexibility index (Phi) is 7.32. The van der Waals surface area contributed by atoms with Gasteiger partial charge in [0.1, 0.15) is 18.8 Å². The van der Waals surface area contributed by atoms with Gasteiger partial charge in [0.2, 0.25) is 11.8 Å². The van der Waals surface area contributed by atoms with Gasteiger partial charge in [0, 0.05) is 44.0 Å². The largest absolute Gasteiger partial charge is 0.369 e. The number of nitrogens with two attached hydrogens (primary N) is 2. The SMILES string of the molecule is CCCN1CCN(c2ccc(C(N)=O)c([C@@H](C(=O)N3C[C@H](N)[C@H]4OCC(=O)[C@H]43)C3CCCC3)c2)CC1. The van der Waals surface area contributed by atoms with Gasteiger partial charge in [-0.3, -0.25) is 19.3 Å². The average Bonchev–Trinajstić information content (AvgIpc) is 3.60. The second-order valence-electron chi connectivity index (χ2n) is 10.8. The molecule has 4 atom stereocenters. The molecule has 2 amide bonds. The molecule has 5 rings (SSSR count). The Morgan fingerprint density at radius 2 is 1.86 bits per heavy atom. The molecule has 3 saturated heterocycles. The Labute approximate surface area is 213 Å². The second-order valence-corrected chi connectivity index (χ2v) is 10.8. The van der Waals surface area contributed by atoms with Crippen molar-refractivity contribution in [3.63, 3.8) is 0 Å². The van der Waals surface area contributed by atoms with Crippen molar-refractivity contribution >= 4 is 23.3 Å². The monoisotopic (exact) mass is 497 g/mol. The van der Waals surface area contributed by atoms with Crippen molar-refractivity contribution in [2.45, 2.75) is 63.1 Å². The lowest BCUT2D eigenvalue weighted by Crippen LogP contribution is -2.47. The standard InChI is InChI=1S/C27H39N5O4/c1-2-9-30-10-12-31(13-11-30)18-7-8-19(26(29)34)20(14-18)23(17-5-3-4-6-17)27(35)32-15-21(28)25-24(32)22(33)16-36-25/h7-8,14,17,21,23-25H,2-6,9-13,15-16,28H2,1H3,(H2,29,34)/t21-,23-,24+,25+/m0/s1. The first-order valence-electron chi connectivity index (χ1n) is 13.5. The normalized spacial score (nSPS) is 28.1. The lowest BCUT2D eigenvalue weighted by Gasteiger charge is -2.37. The third-order valence-electron chi connectivity index (χ3n) is 8.56. The Bertz CT molecular complexity index is 1000. The number of rotatable bonds is 7. The molecule has 4 aliphatic rings. The summed E-state index contributed by atoms with van der Waals surface area (Å²) >= 11 is 0. The molecular weight excluding hydrogens is 458 g/mol. The Morgan fingerprint density at radius 1 is 1.14 bits per heavy atom. The smallest absolute Gasteiger partial charge is 0.249 e. The lowest BCUT2D eigenvalue weighted by molar-refractivity contribution is -0.138. The van der Waals surface area contributed by atoms with Crippen molar-refractivity contribution < 1.29 is 19.1 Å². The molecule has 1 aromatic rings. The summed E-state index contributed by atoms with van der Waals surface area (Å²) in [5.74, 6) is -1.19. The number of benzene rings is 1. The predicted molar refractivity (Wildman–Crippen MR) is 137 cm³/mol. The summed E-state index contributed by atoms with van der Waals surface area (Å²) in [6, 6.07) is 4.71. The molecule has 4 N–H and O–H groups in total. The molecule has 9 nitrogen and oxygen atoms in total. The van der Waals surface area contributed by atoms with E-state index in [9.17, 15) is 14.4 Å². The van der Waals surface area contributed by atoms with E-state index >= 15 is 0 Å². The van der Waals surface area contributed by atoms with Crippen molar-refractivity contribution in [3.05, 3.63) is 29.3 Å². The first-order valence-corrected chi connectivity index (χ1v) is 13.5. The van der Waals surface area contributed by atoms with Crippen molar-refractivity contribution in [2.24, 2.45) is 17.4 Å². The molecule has 4 fully saturated rings. The van der Waals surface area contributed by atoms with Gasteiger partial charge in [0.05, 0.1) is 12.0 Å². The van der Waals surface area contributed by atoms with Gasteiger partial charge >= 0.3 is 0 Å². The van der Waals surface area contributed by atoms with Crippen LogP contribution >= 0.6 is 0 Å². The van der Waals surface area contributed by atoms with Crippen LogP contribution in [0.2, 0.25) is 0 Å². The molecule has 1 saturated carbocycles. The van der Waals surface area contributed by atoms with E-state index in [1.807, 2.05) is 12.1 Å². The average molecular weight is 498 g/mol. The number of amides is 2. The number of anilines is 1. The van der Waals surface area contributed by atoms with Crippen molar-refractivity contribution in [1.82, 2.24) is 9.80 Å². The highest BCUT2D eigenvalue weighted by Gasteiger charge is 2.53. The number of nitrogens with zero attached hydrogens (tertiary/aromatic N) is 3. The molecule has 196 valence electrons. The fourth-order valence-corrected chi connectivity index (χ4v) is 6.75. The fraction of sp³-hybridized carbons (Fsp3) is 0.667. The van der Waals surface area contributed by atoms with E-state index in [1.54, 1.807) is 11.0 Å². The topological polar surface area (TPSA) is 122 Å². The van der Waals surface area contributed by atoms with E-state index in [1.165, 1.54) is 0 Å². The van der Waals surface area contributed by atoms with E-state index in [-0.39, 0.29) is 30.8 Å². The first-order chi connectivity index (χ1) is 17.4. The summed E-state index contributed by atoms with van der Waals surface area (Å²) in [6.45, 7) is 7.34. The quantitative estimate of drug-likeness (QED) is 0.578. The van der Waals surface area contributed by atoms with Gasteiger partial charge in [-0.2, -0.15) is 0 Å². The molecule has 1 aromatic carbocycles. The molecule has 36 heavy (non-hydrogen) atoms. The van der Waals surface area contributed by atoms with Crippen LogP contribution in [0.25, 0.3) is 0 Å². The lowest BCUT2D eigenvalue weighted by atomic mass is 9.80. The molecule has 3 heterocycles. The third-order valence-corrected chi connectivity index (χ3v) is 8.56. The van der Waals surface area contributed by atoms with Crippen LogP contribution in [0.1, 0.15) is 60.9 Å². The fourth-order valence-electron chi connectivity index (χ4n) is 6.75. The van der Waals surface area contributed by atoms with Crippen LogP contribution in [0.4, 0.5) is 5.69 Å². The Balaban J connectivity index is 1.49. The maximum Gasteiger partial charge on any atom is 0.249 e. The highest BCUT2D eigenvalue weighted by atomic mass is 16.5. The summed E-state index contributed by atoms with van der Waals surface area (Å²) in [5.41, 5.74) is 14.2. The number of likely N-dealkylation sites (tertiary alicyclic amines) is 1. The van der Waals surface area contributed by atoms with Gasteiger partial charge in [-0.25, -0.2) is 0 Å². The minimum absolute atomic E-state index is 0.00701. The molecule has 0 aromatic heterocycles. The number of ether oxygens (including phenoxy) is 1. The van der Waals surface area contributed by atoms with Crippen LogP contribution in [-0.4, -0.2) is 91.5 Å². The Hall–Kier alpha value is -2.49. The molecule has 0 radical (unpaired) electrons. The van der Waals surface area contributed by atoms with Crippen LogP contribution < -0.4 is 16.4 Å². The van der Waals surface area contributed by atoms with E-state index in [2.05, 4.69) is 16.7 Å². The number of Topliss-reactive ketones (excluding diaryl/α,β-unsaturated/α-hetero) is 1. The summed E-state index contributed by atoms with van der Waals surface area (Å²) < 4.78 is 5.63. The summed E-state index contributed by atoms with van der Waals surface area (Å²) in [5, 5.41) is 0. The third kappa shape index (κ3) is 4.64. The second kappa shape index (κ2) is 10.5. The van der Waals surface area contributed by atoms with E-state index in [0.717, 1.165) is 70.5 Å². The summed E-state index contributed by atoms with van der Waals surface area (Å²) in [7, 11) is 0. The minimum Gasteiger partial charge on any atom is -0.369 e. The number of primary amides is 1. The van der Waals surface area contributed by atoms with Crippen LogP contribution in [0.15, 0.2) is 18.2 Å². The zero-order valence-electron chi connectivity index (χ0n) is 21.2. The van der Waals surface area contributed by atoms with Gasteiger partial charge in [0.15, 0.2) is 5.78 Å². The van der Waals surface area contributed by atoms with Gasteiger partial charge in [-0.15, -0.1) is 0 Å². The summed E-state index contributed by atoms with van der Waals surface area (Å²) in [4.78, 5) is 45.9. The zero-order valence-corrected chi connectivity index (χ0v) is 21.2. The maximum absolute atomic E-state index is 14.2. The van der Waals surface area contributed by atoms with E-state index < -0.39 is 30.0 Å². The van der Waals surface area contributed by atoms with Crippen LogP contribution in [0, 0.1) is 5.92 Å². The first kappa shape index (κ1) is 25.2. The predicted octanol–water partition coefficient (Wildman–Crippen LogP) is 1.10. The number of piperazine rings is 1. The number of fused-ring (bicyclic) bond motifs is 1. The zero-order chi connectivity index (χ0) is 25.4. The highest BCUT2D eigenvalue weighted by molar-refractivity contribution is 5.99. The number of carbonyl (C=O) groups is 3. The Morgan fingerprint density at radius 3 is 2.53 bits per heavy atom. The number of carbonyl (C=O) groups excluding carboxylic acids is 3. The molecular formula is C27H39N5O4. The van der Waals surface area contributed by atoms with Crippen LogP contribution in [-0.2, 0) is 14.3 Å². The van der Waals surface area contributed by atoms with Gasteiger partial charge in [-0.1, -0.05) is 19.8 Å². The molecule has 0 spiro atoms. The number of ketones is 1. The van der Waals surface area contributed by atoms with Crippen molar-refractivity contribution in [2.75, 3.05) is 50.8 Å². The highest BCUT2D eigenvalue weighted by Crippen LogP contribution is 2.42. The number of hydrogen-bond acceptors (Lipinski definition) is 7. The van der Waals surface area contributed by atoms with Crippen molar-refractivity contribution in [3.8, 4) is 0 Å². The van der Waals surface area contributed by atoms with Gasteiger partial charge < -0.3 is 26.0 Å². The molecule has 9 heteroatoms. The minimum atomic E-state index is -0.636. The van der Waals surface area contributed by atoms with Crippen LogP contribution in [0.5, 0.6) is 0 Å². The van der Waals surface area contributed by atoms with Gasteiger partial charge in [-0.05, 0) is 55.5 Å². The molecule has 1 aliphatic carbocycles. The van der Waals surface area contributed by atoms with E-state index in [0.29, 0.717) is 11.1 Å². The number of hydrogen-bond donors (Lipinski definition) is 2. The maximum atomic E-state index is 14.2. The summed E-state index contributed by atoms with van der Waals surface area (Å²) in [6.07, 6.45) is 4.60. The molecule has 0 unspecified atom stereocenters. The van der Waals surface area contributed by atoms with Crippen LogP contribution in [0.3, 0.4) is 0 Å². The molecule has 0 bridgehead atoms. The van der Waals surface area contributed by atoms with E-state index in [4.69, 9.17) is 16.2 Å². The molecule has 3 aliphatic heterocycles. The van der Waals surface area contributed by atoms with Gasteiger partial charge in [0.25, 0.3) is 0 Å². The van der Waals surface area contributed by atoms with Crippen molar-refractivity contribution in [1.29, 1.82) is 0 Å².